The Morgan fingerprint density at radius 3 is 2.43 bits per heavy atom. The van der Waals surface area contributed by atoms with Gasteiger partial charge in [0.15, 0.2) is 5.82 Å². The summed E-state index contributed by atoms with van der Waals surface area (Å²) < 4.78 is 28.1. The van der Waals surface area contributed by atoms with Crippen LogP contribution in [-0.2, 0) is 39.8 Å². The zero-order valence-electron chi connectivity index (χ0n) is 27.3. The predicted molar refractivity (Wildman–Crippen MR) is 181 cm³/mol. The largest absolute Gasteiger partial charge is 1.00 e. The number of aromatic nitrogens is 3. The number of nitrogen functional groups attached to an aromatic ring is 1. The van der Waals surface area contributed by atoms with Crippen LogP contribution in [0.25, 0.3) is 32.2 Å². The third kappa shape index (κ3) is 6.61. The van der Waals surface area contributed by atoms with Crippen molar-refractivity contribution in [2.75, 3.05) is 36.9 Å². The fraction of sp³-hybridized carbons (Fsp3) is 0.514. The molecule has 8 nitrogen and oxygen atoms in total. The molecule has 7 rings (SSSR count). The summed E-state index contributed by atoms with van der Waals surface area (Å²) in [5.41, 5.74) is 10.6. The summed E-state index contributed by atoms with van der Waals surface area (Å²) in [6, 6.07) is 2.19. The number of fused-ring (bicyclic) bond motifs is 4. The molecule has 46 heavy (non-hydrogen) atoms. The number of nitrogens with two attached hydrogens (primary N) is 1. The maximum Gasteiger partial charge on any atom is 1.00 e. The standard InChI is InChI=1S/C23H19FN6OS.C11H22O.CH3.Cu/c1-11-7-27-20(17-12(6-25)22(26)32-21(11)17)16-15-10-31-9-14(15)13-8-28-23(29-19(13)18(16)24)30-4-2-3-5-30;1-3-5-6-8-11(7-4-2)9-12-10-11;;/h7-8H,2-5,9-10,26H2,1H3;3-10H2,1-2H3;1H3;/q;;-1;+1. The van der Waals surface area contributed by atoms with Crippen molar-refractivity contribution in [3.05, 3.63) is 47.9 Å². The quantitative estimate of drug-likeness (QED) is 0.112. The van der Waals surface area contributed by atoms with Crippen LogP contribution in [0.5, 0.6) is 0 Å². The Kier molecular flexibility index (Phi) is 12.0. The molecule has 2 fully saturated rings. The number of benzene rings is 1. The molecular formula is C35H44CuFN6O2S. The van der Waals surface area contributed by atoms with Gasteiger partial charge in [0.05, 0.1) is 37.7 Å². The van der Waals surface area contributed by atoms with E-state index in [4.69, 9.17) is 15.2 Å². The first-order chi connectivity index (χ1) is 21.4. The predicted octanol–water partition coefficient (Wildman–Crippen LogP) is 8.27. The van der Waals surface area contributed by atoms with E-state index in [0.29, 0.717) is 50.6 Å². The number of aryl methyl sites for hydroxylation is 1. The molecule has 3 aromatic heterocycles. The summed E-state index contributed by atoms with van der Waals surface area (Å²) in [5, 5.41) is 11.4. The zero-order chi connectivity index (χ0) is 30.8. The number of hydrogen-bond acceptors (Lipinski definition) is 9. The molecule has 0 saturated carbocycles. The van der Waals surface area contributed by atoms with Crippen molar-refractivity contribution < 1.29 is 30.9 Å². The van der Waals surface area contributed by atoms with Crippen molar-refractivity contribution in [2.24, 2.45) is 5.41 Å². The van der Waals surface area contributed by atoms with Gasteiger partial charge < -0.3 is 27.5 Å². The minimum absolute atomic E-state index is 0. The van der Waals surface area contributed by atoms with Gasteiger partial charge >= 0.3 is 17.1 Å². The number of pyridine rings is 1. The van der Waals surface area contributed by atoms with E-state index < -0.39 is 5.82 Å². The first-order valence-corrected chi connectivity index (χ1v) is 16.7. The van der Waals surface area contributed by atoms with Gasteiger partial charge in [-0.3, -0.25) is 4.98 Å². The Bertz CT molecular complexity index is 1730. The van der Waals surface area contributed by atoms with Crippen LogP contribution in [0.3, 0.4) is 0 Å². The topological polar surface area (TPSA) is 110 Å². The van der Waals surface area contributed by atoms with Crippen molar-refractivity contribution in [3.63, 3.8) is 0 Å². The average Bonchev–Trinajstić information content (AvgIpc) is 3.78. The summed E-state index contributed by atoms with van der Waals surface area (Å²) >= 11 is 1.33. The van der Waals surface area contributed by atoms with E-state index in [0.717, 1.165) is 60.5 Å². The molecule has 0 unspecified atom stereocenters. The van der Waals surface area contributed by atoms with Crippen LogP contribution in [0.1, 0.15) is 87.5 Å². The third-order valence-electron chi connectivity index (χ3n) is 9.25. The maximum absolute atomic E-state index is 16.2. The van der Waals surface area contributed by atoms with Crippen molar-refractivity contribution in [1.29, 1.82) is 5.26 Å². The Morgan fingerprint density at radius 1 is 1.04 bits per heavy atom. The zero-order valence-corrected chi connectivity index (χ0v) is 29.0. The molecule has 0 radical (unpaired) electrons. The normalized spacial score (nSPS) is 16.2. The van der Waals surface area contributed by atoms with Gasteiger partial charge in [-0.2, -0.15) is 5.26 Å². The Morgan fingerprint density at radius 2 is 1.78 bits per heavy atom. The number of anilines is 2. The van der Waals surface area contributed by atoms with Gasteiger partial charge in [-0.1, -0.05) is 39.5 Å². The van der Waals surface area contributed by atoms with E-state index in [2.05, 4.69) is 39.8 Å². The van der Waals surface area contributed by atoms with Gasteiger partial charge in [-0.05, 0) is 49.3 Å². The second-order valence-electron chi connectivity index (χ2n) is 12.4. The van der Waals surface area contributed by atoms with Crippen LogP contribution in [0, 0.1) is 36.9 Å². The Balaban J connectivity index is 0.000000294. The van der Waals surface area contributed by atoms with Crippen molar-refractivity contribution in [1.82, 2.24) is 15.0 Å². The number of thiophene rings is 1. The van der Waals surface area contributed by atoms with E-state index in [1.807, 2.05) is 6.92 Å². The maximum atomic E-state index is 16.2. The molecule has 2 N–H and O–H groups in total. The molecule has 1 aromatic carbocycles. The molecule has 2 saturated heterocycles. The molecule has 3 aliphatic rings. The number of ether oxygens (including phenoxy) is 2. The summed E-state index contributed by atoms with van der Waals surface area (Å²) in [7, 11) is 0. The molecule has 250 valence electrons. The van der Waals surface area contributed by atoms with Gasteiger partial charge in [0, 0.05) is 51.9 Å². The summed E-state index contributed by atoms with van der Waals surface area (Å²) in [6.07, 6.45) is 13.8. The van der Waals surface area contributed by atoms with Crippen molar-refractivity contribution in [2.45, 2.75) is 85.4 Å². The minimum atomic E-state index is -0.460. The number of halogens is 1. The molecule has 0 atom stereocenters. The molecular weight excluding hydrogens is 651 g/mol. The number of hydrogen-bond donors (Lipinski definition) is 1. The summed E-state index contributed by atoms with van der Waals surface area (Å²) in [6.45, 7) is 10.9. The SMILES string of the molecule is CCCCCC1(CCC)COC1.Cc1cnc(-c2c3c(c4cnc(N5CCCC5)nc4c2F)COC3)c2c(C#N)c(N)sc12.[CH3-].[Cu+]. The van der Waals surface area contributed by atoms with Gasteiger partial charge in [-0.25, -0.2) is 14.4 Å². The third-order valence-corrected chi connectivity index (χ3v) is 10.4. The monoisotopic (exact) mass is 694 g/mol. The van der Waals surface area contributed by atoms with E-state index in [9.17, 15) is 5.26 Å². The fourth-order valence-corrected chi connectivity index (χ4v) is 7.83. The van der Waals surface area contributed by atoms with Crippen LogP contribution in [-0.4, -0.2) is 41.3 Å². The summed E-state index contributed by atoms with van der Waals surface area (Å²) in [5.74, 6) is 0.0802. The molecule has 0 aliphatic carbocycles. The first-order valence-electron chi connectivity index (χ1n) is 15.9. The summed E-state index contributed by atoms with van der Waals surface area (Å²) in [4.78, 5) is 15.8. The molecule has 0 amide bonds. The minimum Gasteiger partial charge on any atom is -0.389 e. The molecule has 0 spiro atoms. The number of nitriles is 1. The van der Waals surface area contributed by atoms with Crippen molar-refractivity contribution >= 4 is 43.3 Å². The number of nitrogens with zero attached hydrogens (tertiary/aromatic N) is 5. The van der Waals surface area contributed by atoms with Gasteiger partial charge in [0.2, 0.25) is 5.95 Å². The Labute approximate surface area is 286 Å². The molecule has 0 bridgehead atoms. The van der Waals surface area contributed by atoms with Crippen LogP contribution in [0.2, 0.25) is 0 Å². The fourth-order valence-electron chi connectivity index (χ4n) is 6.84. The van der Waals surface area contributed by atoms with E-state index in [-0.39, 0.29) is 36.6 Å². The molecule has 3 aliphatic heterocycles. The van der Waals surface area contributed by atoms with Crippen LogP contribution in [0.4, 0.5) is 15.3 Å². The number of unbranched alkanes of at least 4 members (excludes halogenated alkanes) is 2. The van der Waals surface area contributed by atoms with E-state index in [1.54, 1.807) is 12.4 Å². The molecule has 11 heteroatoms. The van der Waals surface area contributed by atoms with Crippen LogP contribution >= 0.6 is 11.3 Å². The van der Waals surface area contributed by atoms with Gasteiger partial charge in [-0.15, -0.1) is 11.3 Å². The van der Waals surface area contributed by atoms with E-state index >= 15 is 4.39 Å². The van der Waals surface area contributed by atoms with Gasteiger partial charge in [0.1, 0.15) is 16.6 Å². The van der Waals surface area contributed by atoms with E-state index in [1.165, 1.54) is 49.9 Å². The smallest absolute Gasteiger partial charge is 0.389 e. The first kappa shape index (κ1) is 36.0. The number of rotatable bonds is 8. The van der Waals surface area contributed by atoms with Gasteiger partial charge in [0.25, 0.3) is 0 Å². The van der Waals surface area contributed by atoms with Crippen molar-refractivity contribution in [3.8, 4) is 17.3 Å². The second-order valence-corrected chi connectivity index (χ2v) is 13.5. The molecule has 6 heterocycles. The van der Waals surface area contributed by atoms with Crippen LogP contribution < -0.4 is 10.6 Å². The van der Waals surface area contributed by atoms with Crippen LogP contribution in [0.15, 0.2) is 12.4 Å². The second kappa shape index (κ2) is 15.4. The average molecular weight is 695 g/mol. The Hall–Kier alpha value is -2.87. The molecule has 4 aromatic rings.